The Hall–Kier alpha value is -1.15. The minimum absolute atomic E-state index is 0.200. The van der Waals surface area contributed by atoms with Gasteiger partial charge in [-0.1, -0.05) is 30.3 Å². The zero-order valence-corrected chi connectivity index (χ0v) is 11.3. The molecule has 4 fully saturated rings. The van der Waals surface area contributed by atoms with E-state index in [1.54, 1.807) is 12.1 Å². The van der Waals surface area contributed by atoms with Crippen molar-refractivity contribution in [1.82, 2.24) is 0 Å². The van der Waals surface area contributed by atoms with E-state index in [1.807, 2.05) is 18.2 Å². The van der Waals surface area contributed by atoms with Gasteiger partial charge in [-0.15, -0.1) is 0 Å². The number of aliphatic hydroxyl groups is 1. The molecule has 0 spiro atoms. The van der Waals surface area contributed by atoms with E-state index < -0.39 is 0 Å². The van der Waals surface area contributed by atoms with E-state index in [1.165, 1.54) is 19.3 Å². The molecular formula is C17H22O2. The SMILES string of the molecule is O=Cc1ccccc1.OC12CC3CC(CC(C3)C1)C2. The number of benzene rings is 1. The molecule has 4 aliphatic rings. The van der Waals surface area contributed by atoms with E-state index in [9.17, 15) is 9.90 Å². The molecule has 2 heteroatoms. The number of aldehydes is 1. The highest BCUT2D eigenvalue weighted by Gasteiger charge is 2.49. The van der Waals surface area contributed by atoms with Crippen LogP contribution in [0.25, 0.3) is 0 Å². The molecule has 102 valence electrons. The van der Waals surface area contributed by atoms with Gasteiger partial charge in [0.1, 0.15) is 6.29 Å². The quantitative estimate of drug-likeness (QED) is 0.783. The Morgan fingerprint density at radius 3 is 1.74 bits per heavy atom. The highest BCUT2D eigenvalue weighted by Crippen LogP contribution is 2.55. The van der Waals surface area contributed by atoms with E-state index in [2.05, 4.69) is 0 Å². The Balaban J connectivity index is 0.000000123. The fourth-order valence-electron chi connectivity index (χ4n) is 4.60. The van der Waals surface area contributed by atoms with Gasteiger partial charge in [0.2, 0.25) is 0 Å². The molecule has 0 aliphatic heterocycles. The van der Waals surface area contributed by atoms with Crippen molar-refractivity contribution in [3.63, 3.8) is 0 Å². The topological polar surface area (TPSA) is 37.3 Å². The standard InChI is InChI=1S/C10H16O.C7H6O/c11-10-4-7-1-8(5-10)3-9(2-7)6-10;8-6-7-4-2-1-3-5-7/h7-9,11H,1-6H2;1-6H. The van der Waals surface area contributed by atoms with Crippen LogP contribution in [0, 0.1) is 17.8 Å². The van der Waals surface area contributed by atoms with Gasteiger partial charge in [0.05, 0.1) is 5.60 Å². The zero-order valence-electron chi connectivity index (χ0n) is 11.3. The molecule has 1 aromatic rings. The summed E-state index contributed by atoms with van der Waals surface area (Å²) >= 11 is 0. The maximum atomic E-state index is 10.1. The van der Waals surface area contributed by atoms with Crippen LogP contribution in [0.4, 0.5) is 0 Å². The maximum Gasteiger partial charge on any atom is 0.150 e. The highest BCUT2D eigenvalue weighted by atomic mass is 16.3. The maximum absolute atomic E-state index is 10.1. The largest absolute Gasteiger partial charge is 0.390 e. The van der Waals surface area contributed by atoms with Crippen molar-refractivity contribution in [2.75, 3.05) is 0 Å². The zero-order chi connectivity index (χ0) is 13.3. The lowest BCUT2D eigenvalue weighted by Crippen LogP contribution is -2.50. The molecule has 0 aromatic heterocycles. The average molecular weight is 258 g/mol. The summed E-state index contributed by atoms with van der Waals surface area (Å²) in [5.41, 5.74) is 0.530. The fraction of sp³-hybridized carbons (Fsp3) is 0.588. The lowest BCUT2D eigenvalue weighted by molar-refractivity contribution is -0.124. The summed E-state index contributed by atoms with van der Waals surface area (Å²) in [5.74, 6) is 2.68. The number of hydrogen-bond acceptors (Lipinski definition) is 2. The molecule has 0 amide bonds. The summed E-state index contributed by atoms with van der Waals surface area (Å²) in [6, 6.07) is 9.10. The second-order valence-electron chi connectivity index (χ2n) is 6.67. The summed E-state index contributed by atoms with van der Waals surface area (Å²) in [5, 5.41) is 10.1. The van der Waals surface area contributed by atoms with Gasteiger partial charge in [-0.05, 0) is 56.3 Å². The first-order chi connectivity index (χ1) is 9.17. The number of carbonyl (C=O) groups is 1. The lowest BCUT2D eigenvalue weighted by atomic mass is 9.54. The van der Waals surface area contributed by atoms with E-state index in [4.69, 9.17) is 0 Å². The Morgan fingerprint density at radius 2 is 1.42 bits per heavy atom. The molecule has 4 aliphatic carbocycles. The Kier molecular flexibility index (Phi) is 3.44. The minimum Gasteiger partial charge on any atom is -0.390 e. The molecule has 19 heavy (non-hydrogen) atoms. The van der Waals surface area contributed by atoms with Gasteiger partial charge in [0, 0.05) is 5.56 Å². The molecule has 0 unspecified atom stereocenters. The first-order valence-corrected chi connectivity index (χ1v) is 7.39. The third-order valence-electron chi connectivity index (χ3n) is 4.94. The smallest absolute Gasteiger partial charge is 0.150 e. The van der Waals surface area contributed by atoms with Crippen LogP contribution in [0.3, 0.4) is 0 Å². The Bertz CT molecular complexity index is 403. The molecule has 2 nitrogen and oxygen atoms in total. The third-order valence-corrected chi connectivity index (χ3v) is 4.94. The molecule has 0 atom stereocenters. The van der Waals surface area contributed by atoms with Crippen LogP contribution < -0.4 is 0 Å². The van der Waals surface area contributed by atoms with E-state index >= 15 is 0 Å². The van der Waals surface area contributed by atoms with Gasteiger partial charge >= 0.3 is 0 Å². The summed E-state index contributed by atoms with van der Waals surface area (Å²) < 4.78 is 0. The van der Waals surface area contributed by atoms with Crippen LogP contribution in [0.15, 0.2) is 30.3 Å². The normalized spacial score (nSPS) is 38.5. The number of rotatable bonds is 1. The van der Waals surface area contributed by atoms with Crippen molar-refractivity contribution >= 4 is 6.29 Å². The van der Waals surface area contributed by atoms with Crippen LogP contribution in [0.1, 0.15) is 48.9 Å². The Labute approximate surface area is 114 Å². The molecule has 5 rings (SSSR count). The molecule has 1 aromatic carbocycles. The Morgan fingerprint density at radius 1 is 0.947 bits per heavy atom. The van der Waals surface area contributed by atoms with E-state index in [0.717, 1.165) is 48.9 Å². The first kappa shape index (κ1) is 12.9. The first-order valence-electron chi connectivity index (χ1n) is 7.39. The number of hydrogen-bond donors (Lipinski definition) is 1. The lowest BCUT2D eigenvalue weighted by Gasteiger charge is -2.54. The third kappa shape index (κ3) is 2.89. The molecule has 4 saturated carbocycles. The van der Waals surface area contributed by atoms with Gasteiger partial charge in [-0.25, -0.2) is 0 Å². The monoisotopic (exact) mass is 258 g/mol. The molecular weight excluding hydrogens is 236 g/mol. The predicted molar refractivity (Wildman–Crippen MR) is 75.0 cm³/mol. The number of carbonyl (C=O) groups excluding carboxylic acids is 1. The van der Waals surface area contributed by atoms with E-state index in [0.29, 0.717) is 0 Å². The van der Waals surface area contributed by atoms with Crippen LogP contribution in [0.5, 0.6) is 0 Å². The van der Waals surface area contributed by atoms with Crippen LogP contribution >= 0.6 is 0 Å². The van der Waals surface area contributed by atoms with Crippen molar-refractivity contribution in [1.29, 1.82) is 0 Å². The van der Waals surface area contributed by atoms with Crippen molar-refractivity contribution < 1.29 is 9.90 Å². The highest BCUT2D eigenvalue weighted by molar-refractivity contribution is 5.74. The summed E-state index contributed by atoms with van der Waals surface area (Å²) in [6.45, 7) is 0. The van der Waals surface area contributed by atoms with Crippen molar-refractivity contribution in [2.45, 2.75) is 44.1 Å². The summed E-state index contributed by atoms with van der Waals surface area (Å²) in [6.07, 6.45) is 8.50. The fourth-order valence-corrected chi connectivity index (χ4v) is 4.60. The molecule has 1 N–H and O–H groups in total. The van der Waals surface area contributed by atoms with Crippen molar-refractivity contribution in [3.05, 3.63) is 35.9 Å². The van der Waals surface area contributed by atoms with Gasteiger partial charge < -0.3 is 5.11 Å². The second kappa shape index (κ2) is 5.09. The van der Waals surface area contributed by atoms with Crippen LogP contribution in [-0.2, 0) is 0 Å². The van der Waals surface area contributed by atoms with Crippen LogP contribution in [0.2, 0.25) is 0 Å². The second-order valence-corrected chi connectivity index (χ2v) is 6.67. The van der Waals surface area contributed by atoms with Crippen molar-refractivity contribution in [2.24, 2.45) is 17.8 Å². The average Bonchev–Trinajstić information content (AvgIpc) is 2.37. The predicted octanol–water partition coefficient (Wildman–Crippen LogP) is 3.45. The van der Waals surface area contributed by atoms with Gasteiger partial charge in [-0.2, -0.15) is 0 Å². The molecule has 0 heterocycles. The van der Waals surface area contributed by atoms with Gasteiger partial charge in [-0.3, -0.25) is 4.79 Å². The summed E-state index contributed by atoms with van der Waals surface area (Å²) in [7, 11) is 0. The molecule has 0 radical (unpaired) electrons. The molecule has 0 saturated heterocycles. The van der Waals surface area contributed by atoms with Crippen molar-refractivity contribution in [3.8, 4) is 0 Å². The molecule has 4 bridgehead atoms. The summed E-state index contributed by atoms with van der Waals surface area (Å²) in [4.78, 5) is 10.0. The van der Waals surface area contributed by atoms with Gasteiger partial charge in [0.25, 0.3) is 0 Å². The van der Waals surface area contributed by atoms with E-state index in [-0.39, 0.29) is 5.60 Å². The van der Waals surface area contributed by atoms with Crippen LogP contribution in [-0.4, -0.2) is 17.0 Å². The minimum atomic E-state index is -0.200. The van der Waals surface area contributed by atoms with Gasteiger partial charge in [0.15, 0.2) is 0 Å².